The predicted molar refractivity (Wildman–Crippen MR) is 70.1 cm³/mol. The SMILES string of the molecule is Cc1cc(CNCCc2cccnc2)oc1C(=O)O. The van der Waals surface area contributed by atoms with E-state index in [-0.39, 0.29) is 5.76 Å². The van der Waals surface area contributed by atoms with Crippen molar-refractivity contribution in [1.82, 2.24) is 10.3 Å². The van der Waals surface area contributed by atoms with Crippen LogP contribution in [0.3, 0.4) is 0 Å². The zero-order valence-corrected chi connectivity index (χ0v) is 10.7. The van der Waals surface area contributed by atoms with Crippen LogP contribution in [0, 0.1) is 6.92 Å². The molecule has 2 heterocycles. The number of aromatic nitrogens is 1. The third-order valence-corrected chi connectivity index (χ3v) is 2.78. The van der Waals surface area contributed by atoms with Crippen molar-refractivity contribution in [3.63, 3.8) is 0 Å². The van der Waals surface area contributed by atoms with Crippen molar-refractivity contribution in [1.29, 1.82) is 0 Å². The third kappa shape index (κ3) is 3.66. The summed E-state index contributed by atoms with van der Waals surface area (Å²) in [5.74, 6) is -0.371. The molecule has 19 heavy (non-hydrogen) atoms. The molecule has 2 rings (SSSR count). The maximum absolute atomic E-state index is 10.8. The molecule has 0 saturated heterocycles. The number of carbonyl (C=O) groups is 1. The van der Waals surface area contributed by atoms with Gasteiger partial charge in [-0.25, -0.2) is 4.79 Å². The maximum atomic E-state index is 10.8. The van der Waals surface area contributed by atoms with Gasteiger partial charge in [-0.05, 0) is 37.6 Å². The van der Waals surface area contributed by atoms with E-state index in [9.17, 15) is 4.79 Å². The van der Waals surface area contributed by atoms with Crippen LogP contribution in [0.1, 0.15) is 27.4 Å². The zero-order chi connectivity index (χ0) is 13.7. The van der Waals surface area contributed by atoms with Crippen LogP contribution in [0.4, 0.5) is 0 Å². The van der Waals surface area contributed by atoms with Crippen LogP contribution < -0.4 is 5.32 Å². The molecular formula is C14H16N2O3. The van der Waals surface area contributed by atoms with E-state index in [1.54, 1.807) is 19.2 Å². The Labute approximate surface area is 111 Å². The van der Waals surface area contributed by atoms with Gasteiger partial charge in [-0.3, -0.25) is 4.98 Å². The Hall–Kier alpha value is -2.14. The summed E-state index contributed by atoms with van der Waals surface area (Å²) in [6, 6.07) is 5.68. The Morgan fingerprint density at radius 3 is 3.00 bits per heavy atom. The highest BCUT2D eigenvalue weighted by Crippen LogP contribution is 2.14. The van der Waals surface area contributed by atoms with Crippen molar-refractivity contribution in [3.05, 3.63) is 53.2 Å². The molecule has 0 aliphatic rings. The van der Waals surface area contributed by atoms with Gasteiger partial charge in [0.25, 0.3) is 0 Å². The summed E-state index contributed by atoms with van der Waals surface area (Å²) in [6.45, 7) is 3.04. The lowest BCUT2D eigenvalue weighted by molar-refractivity contribution is 0.0659. The number of rotatable bonds is 6. The van der Waals surface area contributed by atoms with Crippen LogP contribution in [0.25, 0.3) is 0 Å². The van der Waals surface area contributed by atoms with Crippen molar-refractivity contribution in [2.45, 2.75) is 19.9 Å². The molecule has 0 radical (unpaired) electrons. The van der Waals surface area contributed by atoms with Gasteiger partial charge in [0.15, 0.2) is 0 Å². The Bertz CT molecular complexity index is 549. The molecule has 5 heteroatoms. The highest BCUT2D eigenvalue weighted by Gasteiger charge is 2.13. The number of pyridine rings is 1. The fraction of sp³-hybridized carbons (Fsp3) is 0.286. The first-order valence-electron chi connectivity index (χ1n) is 6.09. The number of hydrogen-bond donors (Lipinski definition) is 2. The van der Waals surface area contributed by atoms with Crippen LogP contribution in [-0.2, 0) is 13.0 Å². The standard InChI is InChI=1S/C14H16N2O3/c1-10-7-12(19-13(10)14(17)18)9-16-6-4-11-3-2-5-15-8-11/h2-3,5,7-8,16H,4,6,9H2,1H3,(H,17,18). The minimum atomic E-state index is -1.03. The lowest BCUT2D eigenvalue weighted by atomic mass is 10.2. The van der Waals surface area contributed by atoms with E-state index >= 15 is 0 Å². The number of carboxylic acid groups (broad SMARTS) is 1. The van der Waals surface area contributed by atoms with Gasteiger partial charge in [0.2, 0.25) is 5.76 Å². The first-order valence-corrected chi connectivity index (χ1v) is 6.09. The van der Waals surface area contributed by atoms with E-state index in [0.717, 1.165) is 18.5 Å². The van der Waals surface area contributed by atoms with Gasteiger partial charge >= 0.3 is 5.97 Å². The smallest absolute Gasteiger partial charge is 0.372 e. The minimum absolute atomic E-state index is 0.0176. The Balaban J connectivity index is 1.80. The van der Waals surface area contributed by atoms with E-state index in [1.807, 2.05) is 18.3 Å². The van der Waals surface area contributed by atoms with Crippen molar-refractivity contribution in [3.8, 4) is 0 Å². The molecule has 0 atom stereocenters. The molecule has 0 saturated carbocycles. The van der Waals surface area contributed by atoms with Gasteiger partial charge in [-0.2, -0.15) is 0 Å². The van der Waals surface area contributed by atoms with E-state index in [1.165, 1.54) is 0 Å². The van der Waals surface area contributed by atoms with Gasteiger partial charge in [0.1, 0.15) is 5.76 Å². The lowest BCUT2D eigenvalue weighted by Gasteiger charge is -2.02. The van der Waals surface area contributed by atoms with Gasteiger partial charge < -0.3 is 14.8 Å². The first-order chi connectivity index (χ1) is 9.16. The summed E-state index contributed by atoms with van der Waals surface area (Å²) >= 11 is 0. The molecule has 0 aliphatic heterocycles. The molecule has 0 aromatic carbocycles. The second kappa shape index (κ2) is 6.15. The van der Waals surface area contributed by atoms with Crippen LogP contribution in [-0.4, -0.2) is 22.6 Å². The van der Waals surface area contributed by atoms with E-state index in [4.69, 9.17) is 9.52 Å². The van der Waals surface area contributed by atoms with Crippen molar-refractivity contribution in [2.24, 2.45) is 0 Å². The number of nitrogens with zero attached hydrogens (tertiary/aromatic N) is 1. The number of hydrogen-bond acceptors (Lipinski definition) is 4. The van der Waals surface area contributed by atoms with Crippen molar-refractivity contribution < 1.29 is 14.3 Å². The predicted octanol–water partition coefficient (Wildman–Crippen LogP) is 2.01. The molecule has 2 N–H and O–H groups in total. The highest BCUT2D eigenvalue weighted by atomic mass is 16.4. The molecule has 0 unspecified atom stereocenters. The minimum Gasteiger partial charge on any atom is -0.475 e. The summed E-state index contributed by atoms with van der Waals surface area (Å²) in [6.07, 6.45) is 4.45. The summed E-state index contributed by atoms with van der Waals surface area (Å²) in [4.78, 5) is 14.9. The third-order valence-electron chi connectivity index (χ3n) is 2.78. The van der Waals surface area contributed by atoms with Crippen LogP contribution in [0.5, 0.6) is 0 Å². The van der Waals surface area contributed by atoms with Crippen LogP contribution >= 0.6 is 0 Å². The van der Waals surface area contributed by atoms with Crippen molar-refractivity contribution >= 4 is 5.97 Å². The molecule has 100 valence electrons. The quantitative estimate of drug-likeness (QED) is 0.777. The Morgan fingerprint density at radius 2 is 2.37 bits per heavy atom. The van der Waals surface area contributed by atoms with Gasteiger partial charge in [0.05, 0.1) is 6.54 Å². The number of nitrogens with one attached hydrogen (secondary N) is 1. The highest BCUT2D eigenvalue weighted by molar-refractivity contribution is 5.86. The second-order valence-electron chi connectivity index (χ2n) is 4.32. The van der Waals surface area contributed by atoms with Crippen LogP contribution in [0.2, 0.25) is 0 Å². The van der Waals surface area contributed by atoms with E-state index in [0.29, 0.717) is 17.9 Å². The summed E-state index contributed by atoms with van der Waals surface area (Å²) in [7, 11) is 0. The molecule has 0 amide bonds. The van der Waals surface area contributed by atoms with Crippen LogP contribution in [0.15, 0.2) is 35.0 Å². The Kier molecular flexibility index (Phi) is 4.30. The fourth-order valence-electron chi connectivity index (χ4n) is 1.84. The second-order valence-corrected chi connectivity index (χ2v) is 4.32. The molecule has 0 bridgehead atoms. The maximum Gasteiger partial charge on any atom is 0.372 e. The topological polar surface area (TPSA) is 75.4 Å². The van der Waals surface area contributed by atoms with Gasteiger partial charge in [0, 0.05) is 18.0 Å². The monoisotopic (exact) mass is 260 g/mol. The largest absolute Gasteiger partial charge is 0.475 e. The normalized spacial score (nSPS) is 10.6. The number of aryl methyl sites for hydroxylation is 1. The average Bonchev–Trinajstić information content (AvgIpc) is 2.77. The molecular weight excluding hydrogens is 244 g/mol. The van der Waals surface area contributed by atoms with Gasteiger partial charge in [-0.1, -0.05) is 6.07 Å². The van der Waals surface area contributed by atoms with Crippen molar-refractivity contribution in [2.75, 3.05) is 6.54 Å². The van der Waals surface area contributed by atoms with E-state index in [2.05, 4.69) is 10.3 Å². The molecule has 0 aliphatic carbocycles. The number of furan rings is 1. The number of aromatic carboxylic acids is 1. The number of carboxylic acids is 1. The van der Waals surface area contributed by atoms with Gasteiger partial charge in [-0.15, -0.1) is 0 Å². The molecule has 5 nitrogen and oxygen atoms in total. The molecule has 2 aromatic rings. The average molecular weight is 260 g/mol. The summed E-state index contributed by atoms with van der Waals surface area (Å²) in [5.41, 5.74) is 1.81. The first kappa shape index (κ1) is 13.3. The summed E-state index contributed by atoms with van der Waals surface area (Å²) < 4.78 is 5.25. The molecule has 0 spiro atoms. The zero-order valence-electron chi connectivity index (χ0n) is 10.7. The summed E-state index contributed by atoms with van der Waals surface area (Å²) in [5, 5.41) is 12.1. The lowest BCUT2D eigenvalue weighted by Crippen LogP contribution is -2.16. The molecule has 0 fully saturated rings. The molecule has 2 aromatic heterocycles. The Morgan fingerprint density at radius 1 is 1.53 bits per heavy atom. The van der Waals surface area contributed by atoms with E-state index < -0.39 is 5.97 Å². The fourth-order valence-corrected chi connectivity index (χ4v) is 1.84.